The number of alkyl halides is 4. The number of hydrogen-bond acceptors (Lipinski definition) is 1. The highest BCUT2D eigenvalue weighted by atomic mass is 19.4. The van der Waals surface area contributed by atoms with E-state index in [2.05, 4.69) is 0 Å². The van der Waals surface area contributed by atoms with E-state index in [9.17, 15) is 22.4 Å². The maximum absolute atomic E-state index is 12.9. The standard InChI is InChI=1S/C12H10F4O2/c13-9-5-11(6-9,10(17)18)7-1-3-8(4-2-7)12(14,15)16/h1-4,9H,5-6H2,(H,17,18). The number of aliphatic carboxylic acids is 1. The lowest BCUT2D eigenvalue weighted by Gasteiger charge is -2.40. The summed E-state index contributed by atoms with van der Waals surface area (Å²) in [5.41, 5.74) is -2.00. The van der Waals surface area contributed by atoms with Crippen molar-refractivity contribution in [3.63, 3.8) is 0 Å². The van der Waals surface area contributed by atoms with Gasteiger partial charge in [-0.2, -0.15) is 13.2 Å². The van der Waals surface area contributed by atoms with Crippen LogP contribution in [0.25, 0.3) is 0 Å². The fraction of sp³-hybridized carbons (Fsp3) is 0.417. The minimum absolute atomic E-state index is 0.187. The second-order valence-electron chi connectivity index (χ2n) is 4.47. The van der Waals surface area contributed by atoms with Gasteiger partial charge in [-0.05, 0) is 30.5 Å². The Morgan fingerprint density at radius 2 is 1.72 bits per heavy atom. The van der Waals surface area contributed by atoms with Crippen LogP contribution in [0, 0.1) is 0 Å². The highest BCUT2D eigenvalue weighted by molar-refractivity contribution is 5.83. The minimum atomic E-state index is -4.46. The summed E-state index contributed by atoms with van der Waals surface area (Å²) < 4.78 is 50.0. The van der Waals surface area contributed by atoms with Crippen molar-refractivity contribution >= 4 is 5.97 Å². The summed E-state index contributed by atoms with van der Waals surface area (Å²) >= 11 is 0. The van der Waals surface area contributed by atoms with Gasteiger partial charge in [-0.1, -0.05) is 12.1 Å². The van der Waals surface area contributed by atoms with Crippen LogP contribution in [0.4, 0.5) is 17.6 Å². The first kappa shape index (κ1) is 12.9. The van der Waals surface area contributed by atoms with Crippen LogP contribution >= 0.6 is 0 Å². The summed E-state index contributed by atoms with van der Waals surface area (Å²) in [6.07, 6.45) is -6.04. The molecule has 0 unspecified atom stereocenters. The molecule has 1 aliphatic rings. The molecular weight excluding hydrogens is 252 g/mol. The molecule has 0 aliphatic heterocycles. The zero-order valence-electron chi connectivity index (χ0n) is 9.17. The number of rotatable bonds is 2. The second kappa shape index (κ2) is 3.96. The zero-order chi connectivity index (χ0) is 13.6. The molecule has 0 spiro atoms. The molecule has 1 aliphatic carbocycles. The molecule has 6 heteroatoms. The molecule has 0 saturated heterocycles. The average Bonchev–Trinajstić information content (AvgIpc) is 2.23. The Morgan fingerprint density at radius 3 is 2.06 bits per heavy atom. The van der Waals surface area contributed by atoms with E-state index < -0.39 is 29.3 Å². The van der Waals surface area contributed by atoms with Gasteiger partial charge in [-0.15, -0.1) is 0 Å². The predicted molar refractivity (Wildman–Crippen MR) is 54.9 cm³/mol. The van der Waals surface area contributed by atoms with Crippen LogP contribution in [0.1, 0.15) is 24.0 Å². The van der Waals surface area contributed by atoms with Crippen molar-refractivity contribution in [1.82, 2.24) is 0 Å². The number of carboxylic acid groups (broad SMARTS) is 1. The van der Waals surface area contributed by atoms with Crippen molar-refractivity contribution in [2.45, 2.75) is 30.6 Å². The smallest absolute Gasteiger partial charge is 0.416 e. The third-order valence-electron chi connectivity index (χ3n) is 3.31. The molecule has 0 heterocycles. The first-order valence-electron chi connectivity index (χ1n) is 5.31. The van der Waals surface area contributed by atoms with Crippen LogP contribution in [0.15, 0.2) is 24.3 Å². The molecule has 1 saturated carbocycles. The van der Waals surface area contributed by atoms with Crippen LogP contribution in [0.3, 0.4) is 0 Å². The van der Waals surface area contributed by atoms with Gasteiger partial charge < -0.3 is 5.11 Å². The van der Waals surface area contributed by atoms with Gasteiger partial charge in [-0.3, -0.25) is 4.79 Å². The van der Waals surface area contributed by atoms with Crippen LogP contribution in [-0.4, -0.2) is 17.2 Å². The van der Waals surface area contributed by atoms with E-state index in [0.29, 0.717) is 0 Å². The SMILES string of the molecule is O=C(O)C1(c2ccc(C(F)(F)F)cc2)CC(F)C1. The van der Waals surface area contributed by atoms with E-state index in [4.69, 9.17) is 5.11 Å². The maximum Gasteiger partial charge on any atom is 0.416 e. The molecule has 18 heavy (non-hydrogen) atoms. The topological polar surface area (TPSA) is 37.3 Å². The molecule has 2 rings (SSSR count). The Bertz CT molecular complexity index is 458. The number of carboxylic acids is 1. The van der Waals surface area contributed by atoms with Crippen molar-refractivity contribution in [3.8, 4) is 0 Å². The van der Waals surface area contributed by atoms with Crippen LogP contribution in [0.2, 0.25) is 0 Å². The third-order valence-corrected chi connectivity index (χ3v) is 3.31. The van der Waals surface area contributed by atoms with Gasteiger partial charge in [0, 0.05) is 0 Å². The first-order chi connectivity index (χ1) is 8.25. The second-order valence-corrected chi connectivity index (χ2v) is 4.47. The van der Waals surface area contributed by atoms with E-state index >= 15 is 0 Å². The van der Waals surface area contributed by atoms with E-state index in [1.54, 1.807) is 0 Å². The van der Waals surface area contributed by atoms with Gasteiger partial charge in [0.15, 0.2) is 0 Å². The highest BCUT2D eigenvalue weighted by Gasteiger charge is 2.52. The normalized spacial score (nSPS) is 27.7. The Kier molecular flexibility index (Phi) is 2.83. The van der Waals surface area contributed by atoms with Gasteiger partial charge in [0.25, 0.3) is 0 Å². The van der Waals surface area contributed by atoms with E-state index in [0.717, 1.165) is 24.3 Å². The van der Waals surface area contributed by atoms with Gasteiger partial charge in [0.05, 0.1) is 11.0 Å². The summed E-state index contributed by atoms with van der Waals surface area (Å²) in [4.78, 5) is 11.1. The monoisotopic (exact) mass is 262 g/mol. The van der Waals surface area contributed by atoms with Gasteiger partial charge >= 0.3 is 12.1 Å². The van der Waals surface area contributed by atoms with Gasteiger partial charge in [0.1, 0.15) is 6.17 Å². The van der Waals surface area contributed by atoms with Crippen LogP contribution < -0.4 is 0 Å². The molecule has 2 nitrogen and oxygen atoms in total. The molecule has 1 aromatic rings. The van der Waals surface area contributed by atoms with Crippen molar-refractivity contribution in [1.29, 1.82) is 0 Å². The maximum atomic E-state index is 12.9. The fourth-order valence-electron chi connectivity index (χ4n) is 2.21. The molecular formula is C12H10F4O2. The summed E-state index contributed by atoms with van der Waals surface area (Å²) in [6, 6.07) is 3.88. The van der Waals surface area contributed by atoms with Crippen molar-refractivity contribution < 1.29 is 27.5 Å². The lowest BCUT2D eigenvalue weighted by molar-refractivity contribution is -0.150. The number of hydrogen-bond donors (Lipinski definition) is 1. The first-order valence-corrected chi connectivity index (χ1v) is 5.31. The minimum Gasteiger partial charge on any atom is -0.481 e. The highest BCUT2D eigenvalue weighted by Crippen LogP contribution is 2.46. The summed E-state index contributed by atoms with van der Waals surface area (Å²) in [5, 5.41) is 9.10. The van der Waals surface area contributed by atoms with Crippen molar-refractivity contribution in [2.75, 3.05) is 0 Å². The van der Waals surface area contributed by atoms with E-state index in [-0.39, 0.29) is 18.4 Å². The quantitative estimate of drug-likeness (QED) is 0.831. The lowest BCUT2D eigenvalue weighted by atomic mass is 9.63. The number of benzene rings is 1. The molecule has 0 aromatic heterocycles. The third kappa shape index (κ3) is 1.95. The summed E-state index contributed by atoms with van der Waals surface area (Å²) in [7, 11) is 0. The Labute approximate surface area is 100 Å². The van der Waals surface area contributed by atoms with Crippen molar-refractivity contribution in [3.05, 3.63) is 35.4 Å². The largest absolute Gasteiger partial charge is 0.481 e. The molecule has 0 atom stereocenters. The van der Waals surface area contributed by atoms with Crippen LogP contribution in [-0.2, 0) is 16.4 Å². The molecule has 1 N–H and O–H groups in total. The lowest BCUT2D eigenvalue weighted by Crippen LogP contribution is -2.49. The Hall–Kier alpha value is -1.59. The molecule has 0 radical (unpaired) electrons. The predicted octanol–water partition coefficient (Wildman–Crippen LogP) is 3.16. The van der Waals surface area contributed by atoms with Crippen molar-refractivity contribution in [2.24, 2.45) is 0 Å². The molecule has 1 aromatic carbocycles. The number of halogens is 4. The zero-order valence-corrected chi connectivity index (χ0v) is 9.17. The van der Waals surface area contributed by atoms with E-state index in [1.165, 1.54) is 0 Å². The molecule has 0 amide bonds. The van der Waals surface area contributed by atoms with Gasteiger partial charge in [-0.25, -0.2) is 4.39 Å². The Morgan fingerprint density at radius 1 is 1.22 bits per heavy atom. The van der Waals surface area contributed by atoms with Gasteiger partial charge in [0.2, 0.25) is 0 Å². The summed E-state index contributed by atoms with van der Waals surface area (Å²) in [5.74, 6) is -1.20. The van der Waals surface area contributed by atoms with E-state index in [1.807, 2.05) is 0 Å². The molecule has 1 fully saturated rings. The fourth-order valence-corrected chi connectivity index (χ4v) is 2.21. The van der Waals surface area contributed by atoms with Crippen LogP contribution in [0.5, 0.6) is 0 Å². The molecule has 0 bridgehead atoms. The Balaban J connectivity index is 2.32. The average molecular weight is 262 g/mol. The number of carbonyl (C=O) groups is 1. The summed E-state index contributed by atoms with van der Waals surface area (Å²) in [6.45, 7) is 0. The molecule has 98 valence electrons.